The predicted molar refractivity (Wildman–Crippen MR) is 171 cm³/mol. The Kier molecular flexibility index (Phi) is 6.75. The maximum atomic E-state index is 11.2. The molecule has 7 aromatic rings. The highest BCUT2D eigenvalue weighted by molar-refractivity contribution is 7.20. The van der Waals surface area contributed by atoms with E-state index < -0.39 is 6.16 Å². The lowest BCUT2D eigenvalue weighted by Crippen LogP contribution is -2.05. The average Bonchev–Trinajstić information content (AvgIpc) is 3.70. The summed E-state index contributed by atoms with van der Waals surface area (Å²) in [5, 5.41) is 9.12. The Morgan fingerprint density at radius 1 is 0.884 bits per heavy atom. The van der Waals surface area contributed by atoms with Gasteiger partial charge in [-0.2, -0.15) is 0 Å². The fourth-order valence-electron chi connectivity index (χ4n) is 5.57. The summed E-state index contributed by atoms with van der Waals surface area (Å²) in [4.78, 5) is 23.3. The maximum Gasteiger partial charge on any atom is 0.511 e. The van der Waals surface area contributed by atoms with E-state index in [9.17, 15) is 4.79 Å². The zero-order chi connectivity index (χ0) is 29.5. The minimum Gasteiger partial charge on any atom is -0.449 e. The molecule has 3 aromatic heterocycles. The number of carboxylic acid groups (broad SMARTS) is 1. The van der Waals surface area contributed by atoms with Crippen molar-refractivity contribution in [1.29, 1.82) is 0 Å². The van der Waals surface area contributed by atoms with Gasteiger partial charge in [-0.15, -0.1) is 0 Å². The molecule has 0 saturated heterocycles. The molecule has 43 heavy (non-hydrogen) atoms. The fraction of sp³-hybridized carbons (Fsp3) is 0.114. The van der Waals surface area contributed by atoms with E-state index >= 15 is 0 Å². The number of rotatable bonds is 7. The average molecular weight is 585 g/mol. The van der Waals surface area contributed by atoms with Crippen molar-refractivity contribution in [2.24, 2.45) is 0 Å². The van der Waals surface area contributed by atoms with Gasteiger partial charge < -0.3 is 14.4 Å². The molecule has 0 fully saturated rings. The van der Waals surface area contributed by atoms with E-state index in [1.54, 1.807) is 23.5 Å². The van der Waals surface area contributed by atoms with Gasteiger partial charge in [-0.25, -0.2) is 14.8 Å². The van der Waals surface area contributed by atoms with Gasteiger partial charge in [-0.05, 0) is 47.4 Å². The predicted octanol–water partition coefficient (Wildman–Crippen LogP) is 8.72. The summed E-state index contributed by atoms with van der Waals surface area (Å²) in [7, 11) is 0. The highest BCUT2D eigenvalue weighted by atomic mass is 32.1. The number of hydrogen-bond acceptors (Lipinski definition) is 5. The van der Waals surface area contributed by atoms with Crippen LogP contribution in [0.25, 0.3) is 48.8 Å². The van der Waals surface area contributed by atoms with E-state index in [4.69, 9.17) is 19.8 Å². The number of thiazole rings is 1. The second-order valence-corrected chi connectivity index (χ2v) is 11.5. The molecule has 0 unspecified atom stereocenters. The number of fused-ring (bicyclic) bond motifs is 2. The second-order valence-electron chi connectivity index (χ2n) is 10.5. The Hall–Kier alpha value is -5.21. The molecule has 3 heterocycles. The zero-order valence-corrected chi connectivity index (χ0v) is 24.5. The highest BCUT2D eigenvalue weighted by Crippen LogP contribution is 2.34. The first kappa shape index (κ1) is 26.7. The van der Waals surface area contributed by atoms with Crippen LogP contribution in [0.1, 0.15) is 23.9 Å². The van der Waals surface area contributed by atoms with Crippen LogP contribution in [0, 0.1) is 6.92 Å². The summed E-state index contributed by atoms with van der Waals surface area (Å²) in [6, 6.07) is 30.1. The number of para-hydroxylation sites is 1. The summed E-state index contributed by atoms with van der Waals surface area (Å²) in [5.74, 6) is 1.34. The molecule has 0 aliphatic rings. The Labute approximate surface area is 252 Å². The molecule has 0 amide bonds. The standard InChI is InChI=1S/C35H28N4O3S/c1-3-32-37-33-22(2)17-26(28-20-38-21-31(43-34(38)36-28)25-9-5-4-6-10-25)18-29(33)39(32)19-23-13-15-24(16-14-23)27-11-7-8-12-30(27)42-35(40)41/h4-18,20-21H,3,19H2,1-2H3,(H,40,41). The van der Waals surface area contributed by atoms with Crippen LogP contribution in [0.2, 0.25) is 0 Å². The molecule has 7 rings (SSSR count). The first-order chi connectivity index (χ1) is 21.0. The molecule has 8 heteroatoms. The van der Waals surface area contributed by atoms with Crippen LogP contribution in [0.15, 0.2) is 103 Å². The third-order valence-electron chi connectivity index (χ3n) is 7.64. The van der Waals surface area contributed by atoms with Gasteiger partial charge in [0, 0.05) is 36.5 Å². The van der Waals surface area contributed by atoms with Gasteiger partial charge >= 0.3 is 6.16 Å². The van der Waals surface area contributed by atoms with Crippen molar-refractivity contribution in [2.45, 2.75) is 26.8 Å². The first-order valence-electron chi connectivity index (χ1n) is 14.1. The van der Waals surface area contributed by atoms with E-state index in [0.29, 0.717) is 12.3 Å². The van der Waals surface area contributed by atoms with Crippen LogP contribution in [-0.4, -0.2) is 30.2 Å². The lowest BCUT2D eigenvalue weighted by Gasteiger charge is -2.12. The monoisotopic (exact) mass is 584 g/mol. The molecule has 0 spiro atoms. The van der Waals surface area contributed by atoms with Gasteiger partial charge in [0.05, 0.1) is 21.6 Å². The highest BCUT2D eigenvalue weighted by Gasteiger charge is 2.17. The number of carbonyl (C=O) groups is 1. The van der Waals surface area contributed by atoms with Gasteiger partial charge in [0.15, 0.2) is 4.96 Å². The van der Waals surface area contributed by atoms with Crippen LogP contribution < -0.4 is 4.74 Å². The molecule has 0 aliphatic heterocycles. The van der Waals surface area contributed by atoms with Crippen molar-refractivity contribution in [1.82, 2.24) is 18.9 Å². The first-order valence-corrected chi connectivity index (χ1v) is 14.9. The van der Waals surface area contributed by atoms with Crippen molar-refractivity contribution in [2.75, 3.05) is 0 Å². The number of benzene rings is 4. The number of hydrogen-bond donors (Lipinski definition) is 1. The lowest BCUT2D eigenvalue weighted by atomic mass is 10.0. The molecule has 0 bridgehead atoms. The van der Waals surface area contributed by atoms with E-state index in [1.807, 2.05) is 30.3 Å². The van der Waals surface area contributed by atoms with Crippen molar-refractivity contribution >= 4 is 33.5 Å². The summed E-state index contributed by atoms with van der Waals surface area (Å²) in [6.07, 6.45) is 3.73. The zero-order valence-electron chi connectivity index (χ0n) is 23.7. The smallest absolute Gasteiger partial charge is 0.449 e. The topological polar surface area (TPSA) is 81.7 Å². The normalized spacial score (nSPS) is 11.4. The quantitative estimate of drug-likeness (QED) is 0.150. The SMILES string of the molecule is CCc1nc2c(C)cc(-c3cn4cc(-c5ccccc5)sc4n3)cc2n1Cc1ccc(-c2ccccc2OC(=O)O)cc1. The third kappa shape index (κ3) is 5.06. The Morgan fingerprint density at radius 2 is 1.65 bits per heavy atom. The number of nitrogens with zero attached hydrogens (tertiary/aromatic N) is 4. The Bertz CT molecular complexity index is 2080. The molecule has 4 aromatic carbocycles. The van der Waals surface area contributed by atoms with E-state index in [-0.39, 0.29) is 0 Å². The van der Waals surface area contributed by atoms with Crippen LogP contribution in [0.3, 0.4) is 0 Å². The minimum atomic E-state index is -1.33. The van der Waals surface area contributed by atoms with Crippen molar-refractivity contribution in [3.63, 3.8) is 0 Å². The van der Waals surface area contributed by atoms with Gasteiger partial charge in [0.1, 0.15) is 11.6 Å². The Balaban J connectivity index is 1.22. The van der Waals surface area contributed by atoms with E-state index in [1.165, 1.54) is 10.4 Å². The third-order valence-corrected chi connectivity index (χ3v) is 8.69. The molecule has 0 saturated carbocycles. The lowest BCUT2D eigenvalue weighted by molar-refractivity contribution is 0.144. The number of aryl methyl sites for hydroxylation is 2. The molecular weight excluding hydrogens is 556 g/mol. The summed E-state index contributed by atoms with van der Waals surface area (Å²) in [6.45, 7) is 4.90. The number of ether oxygens (including phenoxy) is 1. The Morgan fingerprint density at radius 3 is 2.40 bits per heavy atom. The van der Waals surface area contributed by atoms with Gasteiger partial charge in [-0.3, -0.25) is 4.40 Å². The van der Waals surface area contributed by atoms with E-state index in [0.717, 1.165) is 61.8 Å². The van der Waals surface area contributed by atoms with Gasteiger partial charge in [0.25, 0.3) is 0 Å². The van der Waals surface area contributed by atoms with Crippen molar-refractivity contribution < 1.29 is 14.6 Å². The molecule has 7 nitrogen and oxygen atoms in total. The van der Waals surface area contributed by atoms with Gasteiger partial charge in [0.2, 0.25) is 0 Å². The largest absolute Gasteiger partial charge is 0.511 e. The van der Waals surface area contributed by atoms with E-state index in [2.05, 4.69) is 83.7 Å². The van der Waals surface area contributed by atoms with Crippen LogP contribution in [0.4, 0.5) is 4.79 Å². The molecular formula is C35H28N4O3S. The van der Waals surface area contributed by atoms with Crippen molar-refractivity contribution in [3.05, 3.63) is 120 Å². The number of imidazole rings is 2. The fourth-order valence-corrected chi connectivity index (χ4v) is 6.54. The second kappa shape index (κ2) is 10.9. The van der Waals surface area contributed by atoms with Crippen LogP contribution in [-0.2, 0) is 13.0 Å². The number of aromatic nitrogens is 4. The summed E-state index contributed by atoms with van der Waals surface area (Å²) < 4.78 is 9.39. The molecule has 0 aliphatic carbocycles. The van der Waals surface area contributed by atoms with Gasteiger partial charge in [-0.1, -0.05) is 91.1 Å². The minimum absolute atomic E-state index is 0.315. The summed E-state index contributed by atoms with van der Waals surface area (Å²) in [5.41, 5.74) is 9.14. The maximum absolute atomic E-state index is 11.2. The molecule has 1 N–H and O–H groups in total. The molecule has 0 atom stereocenters. The summed E-state index contributed by atoms with van der Waals surface area (Å²) >= 11 is 1.69. The van der Waals surface area contributed by atoms with Crippen molar-refractivity contribution in [3.8, 4) is 38.6 Å². The van der Waals surface area contributed by atoms with Crippen LogP contribution in [0.5, 0.6) is 5.75 Å². The van der Waals surface area contributed by atoms with Crippen LogP contribution >= 0.6 is 11.3 Å². The molecule has 212 valence electrons. The molecule has 0 radical (unpaired) electrons.